The van der Waals surface area contributed by atoms with Crippen molar-refractivity contribution in [3.05, 3.63) is 36.3 Å². The van der Waals surface area contributed by atoms with Gasteiger partial charge in [-0.1, -0.05) is 19.9 Å². The third-order valence-electron chi connectivity index (χ3n) is 6.02. The van der Waals surface area contributed by atoms with Gasteiger partial charge in [0.2, 0.25) is 0 Å². The average molecular weight is 381 g/mol. The predicted octanol–water partition coefficient (Wildman–Crippen LogP) is 3.96. The van der Waals surface area contributed by atoms with Crippen molar-refractivity contribution in [2.24, 2.45) is 11.8 Å². The van der Waals surface area contributed by atoms with Crippen molar-refractivity contribution >= 4 is 17.5 Å². The van der Waals surface area contributed by atoms with E-state index in [0.717, 1.165) is 62.0 Å². The smallest absolute Gasteiger partial charge is 0.134 e. The maximum atomic E-state index is 4.68. The van der Waals surface area contributed by atoms with Crippen molar-refractivity contribution < 1.29 is 0 Å². The van der Waals surface area contributed by atoms with E-state index in [1.165, 1.54) is 31.2 Å². The molecule has 28 heavy (non-hydrogen) atoms. The Balaban J connectivity index is 1.33. The molecule has 2 aromatic rings. The molecule has 0 amide bonds. The summed E-state index contributed by atoms with van der Waals surface area (Å²) >= 11 is 0. The van der Waals surface area contributed by atoms with E-state index in [9.17, 15) is 0 Å². The molecule has 1 N–H and O–H groups in total. The Bertz CT molecular complexity index is 754. The van der Waals surface area contributed by atoms with Crippen LogP contribution < -0.4 is 15.1 Å². The zero-order valence-corrected chi connectivity index (χ0v) is 17.1. The molecule has 0 radical (unpaired) electrons. The fourth-order valence-electron chi connectivity index (χ4n) is 4.15. The van der Waals surface area contributed by atoms with Gasteiger partial charge in [0, 0.05) is 45.0 Å². The summed E-state index contributed by atoms with van der Waals surface area (Å²) in [5.41, 5.74) is 1.17. The molecule has 0 aliphatic carbocycles. The van der Waals surface area contributed by atoms with E-state index in [2.05, 4.69) is 62.1 Å². The zero-order valence-electron chi connectivity index (χ0n) is 17.1. The standard InChI is InChI=1S/C22H32N6/c1-17-7-10-27(11-8-17)21-6-5-19(14-24-21)13-23-20-12-22(26-16-25-20)28-9-3-4-18(2)15-28/h5-6,12,14,16-18H,3-4,7-11,13,15H2,1-2H3,(H,23,25,26). The molecule has 4 rings (SSSR count). The number of anilines is 3. The van der Waals surface area contributed by atoms with Crippen molar-refractivity contribution in [1.82, 2.24) is 15.0 Å². The van der Waals surface area contributed by atoms with Crippen molar-refractivity contribution in [1.29, 1.82) is 0 Å². The number of piperidine rings is 2. The Hall–Kier alpha value is -2.37. The van der Waals surface area contributed by atoms with Gasteiger partial charge in [-0.15, -0.1) is 0 Å². The van der Waals surface area contributed by atoms with Crippen LogP contribution in [0.1, 0.15) is 45.1 Å². The van der Waals surface area contributed by atoms with Crippen molar-refractivity contribution in [3.8, 4) is 0 Å². The molecule has 6 nitrogen and oxygen atoms in total. The Labute approximate surface area is 168 Å². The summed E-state index contributed by atoms with van der Waals surface area (Å²) < 4.78 is 0. The number of nitrogens with one attached hydrogen (secondary N) is 1. The number of nitrogens with zero attached hydrogens (tertiary/aromatic N) is 5. The van der Waals surface area contributed by atoms with Crippen LogP contribution in [0.5, 0.6) is 0 Å². The predicted molar refractivity (Wildman–Crippen MR) is 115 cm³/mol. The first-order valence-corrected chi connectivity index (χ1v) is 10.7. The fraction of sp³-hybridized carbons (Fsp3) is 0.591. The van der Waals surface area contributed by atoms with Crippen molar-refractivity contribution in [2.75, 3.05) is 41.3 Å². The number of rotatable bonds is 5. The van der Waals surface area contributed by atoms with Crippen LogP contribution in [-0.4, -0.2) is 41.1 Å². The summed E-state index contributed by atoms with van der Waals surface area (Å²) in [6, 6.07) is 6.38. The highest BCUT2D eigenvalue weighted by atomic mass is 15.2. The SMILES string of the molecule is CC1CCN(c2ccc(CNc3cc(N4CCCC(C)C4)ncn3)cn2)CC1. The lowest BCUT2D eigenvalue weighted by Crippen LogP contribution is -2.34. The van der Waals surface area contributed by atoms with Gasteiger partial charge >= 0.3 is 0 Å². The lowest BCUT2D eigenvalue weighted by atomic mass is 9.99. The van der Waals surface area contributed by atoms with Gasteiger partial charge in [0.05, 0.1) is 0 Å². The molecule has 2 fully saturated rings. The highest BCUT2D eigenvalue weighted by molar-refractivity contribution is 5.49. The summed E-state index contributed by atoms with van der Waals surface area (Å²) in [6.07, 6.45) is 8.71. The van der Waals surface area contributed by atoms with Crippen LogP contribution in [0.4, 0.5) is 17.5 Å². The molecule has 6 heteroatoms. The van der Waals surface area contributed by atoms with E-state index >= 15 is 0 Å². The molecule has 0 bridgehead atoms. The van der Waals surface area contributed by atoms with Gasteiger partial charge in [-0.25, -0.2) is 15.0 Å². The van der Waals surface area contributed by atoms with Crippen molar-refractivity contribution in [3.63, 3.8) is 0 Å². The quantitative estimate of drug-likeness (QED) is 0.847. The topological polar surface area (TPSA) is 57.2 Å². The maximum absolute atomic E-state index is 4.68. The van der Waals surface area contributed by atoms with Crippen LogP contribution in [0.2, 0.25) is 0 Å². The molecule has 1 unspecified atom stereocenters. The highest BCUT2D eigenvalue weighted by Gasteiger charge is 2.18. The van der Waals surface area contributed by atoms with Crippen LogP contribution in [0.25, 0.3) is 0 Å². The molecule has 2 saturated heterocycles. The summed E-state index contributed by atoms with van der Waals surface area (Å²) in [4.78, 5) is 18.3. The Morgan fingerprint density at radius 2 is 1.79 bits per heavy atom. The molecule has 0 spiro atoms. The highest BCUT2D eigenvalue weighted by Crippen LogP contribution is 2.23. The molecule has 2 aliphatic heterocycles. The first-order chi connectivity index (χ1) is 13.7. The molecule has 0 saturated carbocycles. The molecule has 150 valence electrons. The van der Waals surface area contributed by atoms with Gasteiger partial charge < -0.3 is 15.1 Å². The fourth-order valence-corrected chi connectivity index (χ4v) is 4.15. The number of pyridine rings is 1. The average Bonchev–Trinajstić information content (AvgIpc) is 2.73. The van der Waals surface area contributed by atoms with Crippen LogP contribution in [0, 0.1) is 11.8 Å². The third-order valence-corrected chi connectivity index (χ3v) is 6.02. The zero-order chi connectivity index (χ0) is 19.3. The minimum absolute atomic E-state index is 0.719. The lowest BCUT2D eigenvalue weighted by Gasteiger charge is -2.31. The van der Waals surface area contributed by atoms with E-state index < -0.39 is 0 Å². The van der Waals surface area contributed by atoms with Crippen LogP contribution in [0.3, 0.4) is 0 Å². The Kier molecular flexibility index (Phi) is 5.93. The lowest BCUT2D eigenvalue weighted by molar-refractivity contribution is 0.436. The summed E-state index contributed by atoms with van der Waals surface area (Å²) in [5, 5.41) is 3.43. The number of hydrogen-bond donors (Lipinski definition) is 1. The second kappa shape index (κ2) is 8.76. The molecular formula is C22H32N6. The number of aromatic nitrogens is 3. The Morgan fingerprint density at radius 1 is 0.929 bits per heavy atom. The molecule has 1 atom stereocenters. The minimum Gasteiger partial charge on any atom is -0.366 e. The Morgan fingerprint density at radius 3 is 2.54 bits per heavy atom. The van der Waals surface area contributed by atoms with E-state index in [4.69, 9.17) is 0 Å². The first-order valence-electron chi connectivity index (χ1n) is 10.7. The molecule has 4 heterocycles. The van der Waals surface area contributed by atoms with Gasteiger partial charge in [-0.2, -0.15) is 0 Å². The van der Waals surface area contributed by atoms with Gasteiger partial charge in [-0.3, -0.25) is 0 Å². The van der Waals surface area contributed by atoms with Gasteiger partial charge in [0.25, 0.3) is 0 Å². The number of hydrogen-bond acceptors (Lipinski definition) is 6. The summed E-state index contributed by atoms with van der Waals surface area (Å²) in [5.74, 6) is 4.56. The minimum atomic E-state index is 0.719. The second-order valence-electron chi connectivity index (χ2n) is 8.50. The largest absolute Gasteiger partial charge is 0.366 e. The molecular weight excluding hydrogens is 348 g/mol. The van der Waals surface area contributed by atoms with Crippen LogP contribution >= 0.6 is 0 Å². The van der Waals surface area contributed by atoms with Gasteiger partial charge in [0.1, 0.15) is 23.8 Å². The van der Waals surface area contributed by atoms with Gasteiger partial charge in [-0.05, 0) is 49.1 Å². The van der Waals surface area contributed by atoms with E-state index in [1.807, 2.05) is 6.20 Å². The van der Waals surface area contributed by atoms with Crippen LogP contribution in [-0.2, 0) is 6.54 Å². The summed E-state index contributed by atoms with van der Waals surface area (Å²) in [6.45, 7) is 9.77. The summed E-state index contributed by atoms with van der Waals surface area (Å²) in [7, 11) is 0. The molecule has 2 aliphatic rings. The first kappa shape index (κ1) is 19.0. The van der Waals surface area contributed by atoms with E-state index in [-0.39, 0.29) is 0 Å². The normalized spacial score (nSPS) is 21.0. The van der Waals surface area contributed by atoms with E-state index in [1.54, 1.807) is 6.33 Å². The third kappa shape index (κ3) is 4.72. The molecule has 2 aromatic heterocycles. The molecule has 0 aromatic carbocycles. The maximum Gasteiger partial charge on any atom is 0.134 e. The van der Waals surface area contributed by atoms with E-state index in [0.29, 0.717) is 0 Å². The van der Waals surface area contributed by atoms with Gasteiger partial charge in [0.15, 0.2) is 0 Å². The second-order valence-corrected chi connectivity index (χ2v) is 8.50. The monoisotopic (exact) mass is 380 g/mol. The van der Waals surface area contributed by atoms with Crippen LogP contribution in [0.15, 0.2) is 30.7 Å². The van der Waals surface area contributed by atoms with Crippen molar-refractivity contribution in [2.45, 2.75) is 46.1 Å².